The predicted molar refractivity (Wildman–Crippen MR) is 75.1 cm³/mol. The lowest BCUT2D eigenvalue weighted by molar-refractivity contribution is 0.0957. The molecule has 106 valence electrons. The van der Waals surface area contributed by atoms with E-state index >= 15 is 0 Å². The Morgan fingerprint density at radius 2 is 2.00 bits per heavy atom. The molecular weight excluding hydrogens is 268 g/mol. The van der Waals surface area contributed by atoms with E-state index < -0.39 is 15.9 Å². The largest absolute Gasteiger partial charge is 0.399 e. The Labute approximate surface area is 112 Å². The van der Waals surface area contributed by atoms with Crippen molar-refractivity contribution in [1.29, 1.82) is 0 Å². The molecule has 1 aromatic carbocycles. The number of benzene rings is 1. The predicted octanol–water partition coefficient (Wildman–Crippen LogP) is -0.480. The minimum absolute atomic E-state index is 0.0119. The molecule has 0 bridgehead atoms. The number of hydrogen-bond acceptors (Lipinski definition) is 5. The standard InChI is InChI=1S/C11H18N4O3S/c1-2-15-19(17,18)6-5-14-11(16)9-4-3-8(12)7-10(9)13/h3-4,7,15H,2,5-6,12-13H2,1H3,(H,14,16). The SMILES string of the molecule is CCNS(=O)(=O)CCNC(=O)c1ccc(N)cc1N. The van der Waals surface area contributed by atoms with E-state index in [4.69, 9.17) is 11.5 Å². The molecule has 0 atom stereocenters. The highest BCUT2D eigenvalue weighted by Crippen LogP contribution is 2.15. The molecule has 0 spiro atoms. The first-order valence-corrected chi connectivity index (χ1v) is 7.41. The van der Waals surface area contributed by atoms with E-state index in [1.807, 2.05) is 0 Å². The summed E-state index contributed by atoms with van der Waals surface area (Å²) in [5, 5.41) is 2.49. The molecule has 7 nitrogen and oxygen atoms in total. The van der Waals surface area contributed by atoms with E-state index in [9.17, 15) is 13.2 Å². The summed E-state index contributed by atoms with van der Waals surface area (Å²) in [6, 6.07) is 4.53. The van der Waals surface area contributed by atoms with Crippen LogP contribution >= 0.6 is 0 Å². The number of nitrogens with two attached hydrogens (primary N) is 2. The van der Waals surface area contributed by atoms with Gasteiger partial charge in [-0.25, -0.2) is 13.1 Å². The molecule has 0 fully saturated rings. The Morgan fingerprint density at radius 3 is 2.58 bits per heavy atom. The zero-order valence-electron chi connectivity index (χ0n) is 10.6. The molecular formula is C11H18N4O3S. The Bertz CT molecular complexity index is 557. The average molecular weight is 286 g/mol. The first-order valence-electron chi connectivity index (χ1n) is 5.76. The number of carbonyl (C=O) groups excluding carboxylic acids is 1. The van der Waals surface area contributed by atoms with Crippen LogP contribution in [-0.4, -0.2) is 33.2 Å². The van der Waals surface area contributed by atoms with Gasteiger partial charge in [-0.05, 0) is 18.2 Å². The maximum absolute atomic E-state index is 11.8. The molecule has 0 aromatic heterocycles. The van der Waals surface area contributed by atoms with Gasteiger partial charge in [-0.15, -0.1) is 0 Å². The van der Waals surface area contributed by atoms with Gasteiger partial charge >= 0.3 is 0 Å². The monoisotopic (exact) mass is 286 g/mol. The molecule has 0 aliphatic heterocycles. The quantitative estimate of drug-likeness (QED) is 0.525. The van der Waals surface area contributed by atoms with Crippen molar-refractivity contribution >= 4 is 27.3 Å². The fourth-order valence-electron chi connectivity index (χ4n) is 1.47. The van der Waals surface area contributed by atoms with Crippen molar-refractivity contribution in [3.8, 4) is 0 Å². The zero-order chi connectivity index (χ0) is 14.5. The van der Waals surface area contributed by atoms with E-state index in [1.54, 1.807) is 13.0 Å². The summed E-state index contributed by atoms with van der Waals surface area (Å²) in [6.45, 7) is 2.02. The first-order chi connectivity index (χ1) is 8.85. The van der Waals surface area contributed by atoms with E-state index in [-0.39, 0.29) is 23.5 Å². The highest BCUT2D eigenvalue weighted by Gasteiger charge is 2.12. The molecule has 1 rings (SSSR count). The topological polar surface area (TPSA) is 127 Å². The van der Waals surface area contributed by atoms with Crippen molar-refractivity contribution in [2.75, 3.05) is 30.3 Å². The highest BCUT2D eigenvalue weighted by atomic mass is 32.2. The van der Waals surface area contributed by atoms with E-state index in [1.165, 1.54) is 12.1 Å². The van der Waals surface area contributed by atoms with Crippen LogP contribution in [0.15, 0.2) is 18.2 Å². The molecule has 6 N–H and O–H groups in total. The van der Waals surface area contributed by atoms with Crippen molar-refractivity contribution < 1.29 is 13.2 Å². The van der Waals surface area contributed by atoms with Crippen molar-refractivity contribution in [3.63, 3.8) is 0 Å². The van der Waals surface area contributed by atoms with Crippen LogP contribution in [-0.2, 0) is 10.0 Å². The summed E-state index contributed by atoms with van der Waals surface area (Å²) < 4.78 is 25.0. The van der Waals surface area contributed by atoms with Crippen LogP contribution in [0.2, 0.25) is 0 Å². The van der Waals surface area contributed by atoms with Gasteiger partial charge in [0.15, 0.2) is 0 Å². The molecule has 0 aliphatic carbocycles. The number of anilines is 2. The van der Waals surface area contributed by atoms with Crippen LogP contribution in [0.3, 0.4) is 0 Å². The molecule has 0 heterocycles. The number of nitrogen functional groups attached to an aromatic ring is 2. The normalized spacial score (nSPS) is 11.2. The maximum atomic E-state index is 11.8. The average Bonchev–Trinajstić information content (AvgIpc) is 2.28. The Kier molecular flexibility index (Phi) is 5.13. The summed E-state index contributed by atoms with van der Waals surface area (Å²) in [5.41, 5.74) is 12.2. The molecule has 1 amide bonds. The number of rotatable bonds is 6. The van der Waals surface area contributed by atoms with Crippen LogP contribution in [0.5, 0.6) is 0 Å². The van der Waals surface area contributed by atoms with E-state index in [0.717, 1.165) is 0 Å². The van der Waals surface area contributed by atoms with Crippen LogP contribution in [0, 0.1) is 0 Å². The second kappa shape index (κ2) is 6.39. The van der Waals surface area contributed by atoms with Gasteiger partial charge in [0, 0.05) is 24.5 Å². The Morgan fingerprint density at radius 1 is 1.32 bits per heavy atom. The van der Waals surface area contributed by atoms with Gasteiger partial charge in [0.2, 0.25) is 10.0 Å². The Balaban J connectivity index is 2.57. The molecule has 8 heteroatoms. The third-order valence-corrected chi connectivity index (χ3v) is 3.81. The molecule has 0 aliphatic rings. The lowest BCUT2D eigenvalue weighted by Gasteiger charge is -2.08. The van der Waals surface area contributed by atoms with Crippen molar-refractivity contribution in [3.05, 3.63) is 23.8 Å². The van der Waals surface area contributed by atoms with Gasteiger partial charge < -0.3 is 16.8 Å². The fraction of sp³-hybridized carbons (Fsp3) is 0.364. The molecule has 0 saturated carbocycles. The molecule has 19 heavy (non-hydrogen) atoms. The zero-order valence-corrected chi connectivity index (χ0v) is 11.5. The lowest BCUT2D eigenvalue weighted by Crippen LogP contribution is -2.34. The minimum atomic E-state index is -3.34. The van der Waals surface area contributed by atoms with Crippen LogP contribution in [0.25, 0.3) is 0 Å². The van der Waals surface area contributed by atoms with Crippen molar-refractivity contribution in [1.82, 2.24) is 10.0 Å². The van der Waals surface area contributed by atoms with Gasteiger partial charge in [0.1, 0.15) is 0 Å². The number of hydrogen-bond donors (Lipinski definition) is 4. The highest BCUT2D eigenvalue weighted by molar-refractivity contribution is 7.89. The number of sulfonamides is 1. The summed E-state index contributed by atoms with van der Waals surface area (Å²) in [6.07, 6.45) is 0. The third kappa shape index (κ3) is 4.76. The molecule has 0 radical (unpaired) electrons. The third-order valence-electron chi connectivity index (χ3n) is 2.34. The van der Waals surface area contributed by atoms with E-state index in [2.05, 4.69) is 10.0 Å². The van der Waals surface area contributed by atoms with Crippen LogP contribution in [0.1, 0.15) is 17.3 Å². The summed E-state index contributed by atoms with van der Waals surface area (Å²) >= 11 is 0. The summed E-state index contributed by atoms with van der Waals surface area (Å²) in [5.74, 6) is -0.606. The molecule has 1 aromatic rings. The minimum Gasteiger partial charge on any atom is -0.399 e. The molecule has 0 saturated heterocycles. The number of nitrogens with one attached hydrogen (secondary N) is 2. The van der Waals surface area contributed by atoms with Crippen LogP contribution in [0.4, 0.5) is 11.4 Å². The maximum Gasteiger partial charge on any atom is 0.253 e. The van der Waals surface area contributed by atoms with Crippen LogP contribution < -0.4 is 21.5 Å². The lowest BCUT2D eigenvalue weighted by atomic mass is 10.1. The van der Waals surface area contributed by atoms with Gasteiger partial charge in [-0.3, -0.25) is 4.79 Å². The van der Waals surface area contributed by atoms with Gasteiger partial charge in [0.25, 0.3) is 5.91 Å². The summed E-state index contributed by atoms with van der Waals surface area (Å²) in [7, 11) is -3.34. The Hall–Kier alpha value is -1.80. The van der Waals surface area contributed by atoms with E-state index in [0.29, 0.717) is 12.2 Å². The van der Waals surface area contributed by atoms with Crippen molar-refractivity contribution in [2.24, 2.45) is 0 Å². The summed E-state index contributed by atoms with van der Waals surface area (Å²) in [4.78, 5) is 11.8. The van der Waals surface area contributed by atoms with Gasteiger partial charge in [-0.2, -0.15) is 0 Å². The molecule has 0 unspecified atom stereocenters. The first kappa shape index (κ1) is 15.3. The van der Waals surface area contributed by atoms with Gasteiger partial charge in [0.05, 0.1) is 11.3 Å². The second-order valence-electron chi connectivity index (χ2n) is 3.92. The fourth-order valence-corrected chi connectivity index (χ4v) is 2.43. The number of carbonyl (C=O) groups is 1. The number of amides is 1. The second-order valence-corrected chi connectivity index (χ2v) is 5.85. The van der Waals surface area contributed by atoms with Crippen molar-refractivity contribution in [2.45, 2.75) is 6.92 Å². The smallest absolute Gasteiger partial charge is 0.253 e. The van der Waals surface area contributed by atoms with Gasteiger partial charge in [-0.1, -0.05) is 6.92 Å².